The smallest absolute Gasteiger partial charge is 0.305 e. The number of carboxylic acid groups (broad SMARTS) is 1. The molecular weight excluding hydrogens is 372 g/mol. The van der Waals surface area contributed by atoms with E-state index in [4.69, 9.17) is 9.84 Å². The molecule has 0 spiro atoms. The fourth-order valence-corrected chi connectivity index (χ4v) is 2.67. The van der Waals surface area contributed by atoms with E-state index in [0.717, 1.165) is 12.0 Å². The Kier molecular flexibility index (Phi) is 8.21. The summed E-state index contributed by atoms with van der Waals surface area (Å²) in [6.07, 6.45) is 0.836. The number of rotatable bonds is 10. The van der Waals surface area contributed by atoms with Crippen LogP contribution in [0.25, 0.3) is 0 Å². The molecule has 1 unspecified atom stereocenters. The van der Waals surface area contributed by atoms with E-state index in [1.54, 1.807) is 24.3 Å². The fourth-order valence-electron chi connectivity index (χ4n) is 2.67. The Labute approximate surface area is 170 Å². The average Bonchev–Trinajstić information content (AvgIpc) is 2.72. The second-order valence-electron chi connectivity index (χ2n) is 6.66. The Morgan fingerprint density at radius 1 is 1.07 bits per heavy atom. The predicted molar refractivity (Wildman–Crippen MR) is 110 cm³/mol. The summed E-state index contributed by atoms with van der Waals surface area (Å²) < 4.78 is 5.70. The topological polar surface area (TPSA) is 105 Å². The molecular formula is C22H26N2O5. The van der Waals surface area contributed by atoms with Gasteiger partial charge in [0.05, 0.1) is 6.42 Å². The average molecular weight is 398 g/mol. The van der Waals surface area contributed by atoms with Gasteiger partial charge in [-0.2, -0.15) is 0 Å². The van der Waals surface area contributed by atoms with Crippen molar-refractivity contribution in [3.05, 3.63) is 59.7 Å². The van der Waals surface area contributed by atoms with Gasteiger partial charge in [0.25, 0.3) is 11.8 Å². The molecule has 0 aliphatic carbocycles. The third kappa shape index (κ3) is 6.95. The zero-order valence-electron chi connectivity index (χ0n) is 16.6. The van der Waals surface area contributed by atoms with E-state index in [0.29, 0.717) is 22.9 Å². The van der Waals surface area contributed by atoms with Crippen molar-refractivity contribution in [2.24, 2.45) is 0 Å². The van der Waals surface area contributed by atoms with Gasteiger partial charge in [-0.05, 0) is 48.2 Å². The van der Waals surface area contributed by atoms with Crippen LogP contribution in [0.15, 0.2) is 48.5 Å². The number of hydrogen-bond acceptors (Lipinski definition) is 4. The number of hydrogen-bond donors (Lipinski definition) is 3. The van der Waals surface area contributed by atoms with E-state index >= 15 is 0 Å². The van der Waals surface area contributed by atoms with Gasteiger partial charge in [0.15, 0.2) is 6.61 Å². The van der Waals surface area contributed by atoms with Crippen LogP contribution >= 0.6 is 0 Å². The lowest BCUT2D eigenvalue weighted by Crippen LogP contribution is -2.26. The van der Waals surface area contributed by atoms with Gasteiger partial charge in [0, 0.05) is 17.8 Å². The molecule has 2 rings (SSSR count). The molecule has 3 N–H and O–H groups in total. The van der Waals surface area contributed by atoms with E-state index in [9.17, 15) is 14.4 Å². The molecule has 0 heterocycles. The largest absolute Gasteiger partial charge is 0.483 e. The van der Waals surface area contributed by atoms with Crippen LogP contribution in [0.4, 0.5) is 5.69 Å². The maximum Gasteiger partial charge on any atom is 0.305 e. The van der Waals surface area contributed by atoms with Gasteiger partial charge in [-0.25, -0.2) is 0 Å². The van der Waals surface area contributed by atoms with Crippen LogP contribution in [0, 0.1) is 0 Å². The van der Waals surface area contributed by atoms with Crippen molar-refractivity contribution in [3.63, 3.8) is 0 Å². The van der Waals surface area contributed by atoms with Crippen molar-refractivity contribution in [1.29, 1.82) is 0 Å². The maximum atomic E-state index is 12.2. The second-order valence-corrected chi connectivity index (χ2v) is 6.66. The van der Waals surface area contributed by atoms with Crippen molar-refractivity contribution < 1.29 is 24.2 Å². The molecule has 7 heteroatoms. The number of carbonyl (C=O) groups is 3. The van der Waals surface area contributed by atoms with Crippen LogP contribution in [-0.4, -0.2) is 36.0 Å². The van der Waals surface area contributed by atoms with E-state index in [1.165, 1.54) is 0 Å². The highest BCUT2D eigenvalue weighted by Crippen LogP contribution is 2.28. The summed E-state index contributed by atoms with van der Waals surface area (Å²) in [5.41, 5.74) is 1.99. The minimum atomic E-state index is -0.975. The summed E-state index contributed by atoms with van der Waals surface area (Å²) in [6, 6.07) is 14.0. The monoisotopic (exact) mass is 398 g/mol. The van der Waals surface area contributed by atoms with Gasteiger partial charge in [-0.15, -0.1) is 0 Å². The summed E-state index contributed by atoms with van der Waals surface area (Å²) in [4.78, 5) is 34.6. The highest BCUT2D eigenvalue weighted by atomic mass is 16.5. The van der Waals surface area contributed by atoms with E-state index < -0.39 is 5.97 Å². The molecule has 0 saturated heterocycles. The lowest BCUT2D eigenvalue weighted by molar-refractivity contribution is -0.136. The first-order chi connectivity index (χ1) is 13.9. The van der Waals surface area contributed by atoms with Gasteiger partial charge >= 0.3 is 5.97 Å². The van der Waals surface area contributed by atoms with Crippen LogP contribution < -0.4 is 15.4 Å². The van der Waals surface area contributed by atoms with E-state index in [2.05, 4.69) is 24.5 Å². The number of benzene rings is 2. The Morgan fingerprint density at radius 2 is 1.76 bits per heavy atom. The number of amides is 2. The second kappa shape index (κ2) is 10.8. The quantitative estimate of drug-likeness (QED) is 0.569. The molecule has 0 saturated carbocycles. The van der Waals surface area contributed by atoms with Crippen molar-refractivity contribution in [3.8, 4) is 5.75 Å². The molecule has 154 valence electrons. The molecule has 0 fully saturated rings. The first-order valence-electron chi connectivity index (χ1n) is 9.52. The SMILES string of the molecule is CCC(C)c1ccccc1OCC(=O)Nc1ccc(C(=O)NCCC(=O)O)cc1. The molecule has 1 atom stereocenters. The lowest BCUT2D eigenvalue weighted by atomic mass is 9.98. The van der Waals surface area contributed by atoms with E-state index in [-0.39, 0.29) is 31.4 Å². The highest BCUT2D eigenvalue weighted by molar-refractivity contribution is 5.96. The summed E-state index contributed by atoms with van der Waals surface area (Å²) in [6.45, 7) is 4.15. The Morgan fingerprint density at radius 3 is 2.41 bits per heavy atom. The van der Waals surface area contributed by atoms with Gasteiger partial charge in [-0.3, -0.25) is 14.4 Å². The molecule has 0 radical (unpaired) electrons. The summed E-state index contributed by atoms with van der Waals surface area (Å²) in [5.74, 6) is -0.608. The molecule has 7 nitrogen and oxygen atoms in total. The van der Waals surface area contributed by atoms with Gasteiger partial charge in [0.1, 0.15) is 5.75 Å². The predicted octanol–water partition coefficient (Wildman–Crippen LogP) is 3.42. The summed E-state index contributed by atoms with van der Waals surface area (Å²) >= 11 is 0. The van der Waals surface area contributed by atoms with Crippen molar-refractivity contribution >= 4 is 23.5 Å². The van der Waals surface area contributed by atoms with Crippen LogP contribution in [0.3, 0.4) is 0 Å². The Balaban J connectivity index is 1.87. The summed E-state index contributed by atoms with van der Waals surface area (Å²) in [7, 11) is 0. The molecule has 0 aliphatic rings. The van der Waals surface area contributed by atoms with Crippen molar-refractivity contribution in [1.82, 2.24) is 5.32 Å². The molecule has 2 aromatic rings. The van der Waals surface area contributed by atoms with Crippen LogP contribution in [0.5, 0.6) is 5.75 Å². The van der Waals surface area contributed by atoms with Gasteiger partial charge < -0.3 is 20.5 Å². The zero-order chi connectivity index (χ0) is 21.2. The zero-order valence-corrected chi connectivity index (χ0v) is 16.6. The lowest BCUT2D eigenvalue weighted by Gasteiger charge is -2.15. The van der Waals surface area contributed by atoms with Gasteiger partial charge in [0.2, 0.25) is 0 Å². The number of anilines is 1. The third-order valence-electron chi connectivity index (χ3n) is 4.48. The van der Waals surface area contributed by atoms with Crippen LogP contribution in [-0.2, 0) is 9.59 Å². The number of para-hydroxylation sites is 1. The van der Waals surface area contributed by atoms with E-state index in [1.807, 2.05) is 24.3 Å². The normalized spacial score (nSPS) is 11.4. The van der Waals surface area contributed by atoms with Crippen molar-refractivity contribution in [2.45, 2.75) is 32.6 Å². The molecule has 0 aliphatic heterocycles. The highest BCUT2D eigenvalue weighted by Gasteiger charge is 2.12. The molecule has 0 aromatic heterocycles. The van der Waals surface area contributed by atoms with Gasteiger partial charge in [-0.1, -0.05) is 32.0 Å². The minimum Gasteiger partial charge on any atom is -0.483 e. The fraction of sp³-hybridized carbons (Fsp3) is 0.318. The standard InChI is InChI=1S/C22H26N2O5/c1-3-15(2)18-6-4-5-7-19(18)29-14-20(25)24-17-10-8-16(9-11-17)22(28)23-13-12-21(26)27/h4-11,15H,3,12-14H2,1-2H3,(H,23,28)(H,24,25)(H,26,27). The van der Waals surface area contributed by atoms with Crippen LogP contribution in [0.2, 0.25) is 0 Å². The number of nitrogens with one attached hydrogen (secondary N) is 2. The molecule has 29 heavy (non-hydrogen) atoms. The number of carbonyl (C=O) groups excluding carboxylic acids is 2. The molecule has 2 amide bonds. The maximum absolute atomic E-state index is 12.2. The summed E-state index contributed by atoms with van der Waals surface area (Å²) in [5, 5.41) is 13.8. The molecule has 0 bridgehead atoms. The first kappa shape index (κ1) is 21.9. The minimum absolute atomic E-state index is 0.0577. The Bertz CT molecular complexity index is 849. The third-order valence-corrected chi connectivity index (χ3v) is 4.48. The number of aliphatic carboxylic acids is 1. The first-order valence-corrected chi connectivity index (χ1v) is 9.52. The Hall–Kier alpha value is -3.35. The van der Waals surface area contributed by atoms with Crippen molar-refractivity contribution in [2.75, 3.05) is 18.5 Å². The molecule has 2 aromatic carbocycles. The number of carboxylic acids is 1. The van der Waals surface area contributed by atoms with Crippen LogP contribution in [0.1, 0.15) is 48.5 Å². The number of ether oxygens (including phenoxy) is 1.